The molecule has 2 aromatic carbocycles. The normalized spacial score (nSPS) is 14.8. The molecule has 1 N–H and O–H groups in total. The third-order valence-corrected chi connectivity index (χ3v) is 5.53. The number of nitrogens with one attached hydrogen (secondary N) is 1. The van der Waals surface area contributed by atoms with Gasteiger partial charge >= 0.3 is 0 Å². The molecule has 32 heavy (non-hydrogen) atoms. The monoisotopic (exact) mass is 434 g/mol. The first-order chi connectivity index (χ1) is 15.3. The standard InChI is InChI=1S/C24H23FN4O3/c1-15-13-18(25)7-8-19(15)26-22(30)11-12-28-23(31)10-9-20(27-28)24(32)29-16(2)14-17-5-3-4-6-21(17)29/h3-10,13,16H,11-12,14H2,1-2H3,(H,26,30)/t16-/m0/s1. The number of nitrogens with zero attached hydrogens (tertiary/aromatic N) is 3. The summed E-state index contributed by atoms with van der Waals surface area (Å²) in [5.41, 5.74) is 2.78. The maximum Gasteiger partial charge on any atom is 0.278 e. The summed E-state index contributed by atoms with van der Waals surface area (Å²) >= 11 is 0. The van der Waals surface area contributed by atoms with Crippen LogP contribution in [-0.2, 0) is 17.8 Å². The summed E-state index contributed by atoms with van der Waals surface area (Å²) in [5.74, 6) is -1.01. The highest BCUT2D eigenvalue weighted by Gasteiger charge is 2.32. The molecule has 0 aliphatic carbocycles. The summed E-state index contributed by atoms with van der Waals surface area (Å²) in [4.78, 5) is 39.4. The van der Waals surface area contributed by atoms with Gasteiger partial charge in [-0.2, -0.15) is 5.10 Å². The molecular formula is C24H23FN4O3. The van der Waals surface area contributed by atoms with E-state index >= 15 is 0 Å². The number of aryl methyl sites for hydroxylation is 2. The minimum absolute atomic E-state index is 0.0121. The average molecular weight is 434 g/mol. The smallest absolute Gasteiger partial charge is 0.278 e. The lowest BCUT2D eigenvalue weighted by Crippen LogP contribution is -2.37. The van der Waals surface area contributed by atoms with E-state index < -0.39 is 5.56 Å². The quantitative estimate of drug-likeness (QED) is 0.668. The van der Waals surface area contributed by atoms with Gasteiger partial charge in [0.25, 0.3) is 11.5 Å². The zero-order valence-corrected chi connectivity index (χ0v) is 17.8. The Morgan fingerprint density at radius 2 is 1.94 bits per heavy atom. The summed E-state index contributed by atoms with van der Waals surface area (Å²) in [5, 5.41) is 6.92. The third kappa shape index (κ3) is 4.30. The van der Waals surface area contributed by atoms with Crippen LogP contribution in [-0.4, -0.2) is 27.6 Å². The van der Waals surface area contributed by atoms with Crippen molar-refractivity contribution >= 4 is 23.2 Å². The predicted molar refractivity (Wildman–Crippen MR) is 119 cm³/mol. The van der Waals surface area contributed by atoms with E-state index in [1.54, 1.807) is 11.8 Å². The minimum Gasteiger partial charge on any atom is -0.326 e. The first kappa shape index (κ1) is 21.4. The van der Waals surface area contributed by atoms with E-state index in [9.17, 15) is 18.8 Å². The fourth-order valence-corrected chi connectivity index (χ4v) is 3.91. The number of halogens is 1. The van der Waals surface area contributed by atoms with Crippen LogP contribution in [0.3, 0.4) is 0 Å². The summed E-state index contributed by atoms with van der Waals surface area (Å²) in [6.45, 7) is 3.67. The van der Waals surface area contributed by atoms with Gasteiger partial charge < -0.3 is 10.2 Å². The van der Waals surface area contributed by atoms with Crippen molar-refractivity contribution in [3.63, 3.8) is 0 Å². The Hall–Kier alpha value is -3.81. The van der Waals surface area contributed by atoms with Crippen LogP contribution in [0, 0.1) is 12.7 Å². The van der Waals surface area contributed by atoms with Gasteiger partial charge in [-0.25, -0.2) is 9.07 Å². The first-order valence-electron chi connectivity index (χ1n) is 10.4. The zero-order chi connectivity index (χ0) is 22.8. The second kappa shape index (κ2) is 8.74. The molecular weight excluding hydrogens is 411 g/mol. The lowest BCUT2D eigenvalue weighted by Gasteiger charge is -2.22. The van der Waals surface area contributed by atoms with Gasteiger partial charge in [0.2, 0.25) is 5.91 Å². The SMILES string of the molecule is Cc1cc(F)ccc1NC(=O)CCn1nc(C(=O)N2c3ccccc3C[C@@H]2C)ccc1=O. The van der Waals surface area contributed by atoms with Crippen molar-refractivity contribution in [1.82, 2.24) is 9.78 Å². The minimum atomic E-state index is -0.401. The Morgan fingerprint density at radius 3 is 2.72 bits per heavy atom. The maximum absolute atomic E-state index is 13.2. The third-order valence-electron chi connectivity index (χ3n) is 5.53. The maximum atomic E-state index is 13.2. The van der Waals surface area contributed by atoms with Crippen molar-refractivity contribution in [3.8, 4) is 0 Å². The molecule has 0 radical (unpaired) electrons. The highest BCUT2D eigenvalue weighted by molar-refractivity contribution is 6.06. The van der Waals surface area contributed by atoms with Gasteiger partial charge in [-0.3, -0.25) is 14.4 Å². The number of benzene rings is 2. The van der Waals surface area contributed by atoms with E-state index in [-0.39, 0.29) is 42.3 Å². The van der Waals surface area contributed by atoms with E-state index in [1.807, 2.05) is 31.2 Å². The van der Waals surface area contributed by atoms with E-state index in [4.69, 9.17) is 0 Å². The zero-order valence-electron chi connectivity index (χ0n) is 17.8. The van der Waals surface area contributed by atoms with Crippen LogP contribution >= 0.6 is 0 Å². The Labute approximate surface area is 184 Å². The van der Waals surface area contributed by atoms with E-state index in [0.29, 0.717) is 11.3 Å². The number of hydrogen-bond donors (Lipinski definition) is 1. The molecule has 0 spiro atoms. The Bertz CT molecular complexity index is 1250. The van der Waals surface area contributed by atoms with Crippen LogP contribution < -0.4 is 15.8 Å². The lowest BCUT2D eigenvalue weighted by molar-refractivity contribution is -0.116. The van der Waals surface area contributed by atoms with Crippen LogP contribution in [0.15, 0.2) is 59.4 Å². The number of carbonyl (C=O) groups is 2. The highest BCUT2D eigenvalue weighted by atomic mass is 19.1. The van der Waals surface area contributed by atoms with Gasteiger partial charge in [-0.1, -0.05) is 18.2 Å². The number of fused-ring (bicyclic) bond motifs is 1. The summed E-state index contributed by atoms with van der Waals surface area (Å²) in [7, 11) is 0. The van der Waals surface area contributed by atoms with Crippen LogP contribution in [0.1, 0.15) is 35.0 Å². The number of carbonyl (C=O) groups excluding carboxylic acids is 2. The molecule has 3 aromatic rings. The van der Waals surface area contributed by atoms with Gasteiger partial charge in [-0.05, 0) is 61.7 Å². The van der Waals surface area contributed by atoms with E-state index in [2.05, 4.69) is 10.4 Å². The molecule has 0 fully saturated rings. The number of aromatic nitrogens is 2. The van der Waals surface area contributed by atoms with Crippen molar-refractivity contribution in [2.24, 2.45) is 0 Å². The van der Waals surface area contributed by atoms with Gasteiger partial charge in [0.15, 0.2) is 0 Å². The second-order valence-corrected chi connectivity index (χ2v) is 7.89. The molecule has 0 saturated heterocycles. The molecule has 0 saturated carbocycles. The topological polar surface area (TPSA) is 84.3 Å². The summed E-state index contributed by atoms with van der Waals surface area (Å²) < 4.78 is 14.4. The van der Waals surface area contributed by atoms with Crippen molar-refractivity contribution in [2.75, 3.05) is 10.2 Å². The van der Waals surface area contributed by atoms with Gasteiger partial charge in [0.1, 0.15) is 11.5 Å². The molecule has 164 valence electrons. The number of amides is 2. The Kier molecular flexibility index (Phi) is 5.85. The van der Waals surface area contributed by atoms with Gasteiger partial charge in [-0.15, -0.1) is 0 Å². The van der Waals surface area contributed by atoms with Crippen molar-refractivity contribution in [3.05, 3.63) is 87.6 Å². The number of para-hydroxylation sites is 1. The highest BCUT2D eigenvalue weighted by Crippen LogP contribution is 2.32. The lowest BCUT2D eigenvalue weighted by atomic mass is 10.1. The fourth-order valence-electron chi connectivity index (χ4n) is 3.91. The van der Waals surface area contributed by atoms with Crippen molar-refractivity contribution < 1.29 is 14.0 Å². The molecule has 2 amide bonds. The second-order valence-electron chi connectivity index (χ2n) is 7.89. The summed E-state index contributed by atoms with van der Waals surface area (Å²) in [6.07, 6.45) is 0.731. The molecule has 4 rings (SSSR count). The number of anilines is 2. The number of rotatable bonds is 5. The molecule has 1 atom stereocenters. The molecule has 1 aliphatic rings. The van der Waals surface area contributed by atoms with Gasteiger partial charge in [0, 0.05) is 29.9 Å². The predicted octanol–water partition coefficient (Wildman–Crippen LogP) is 3.31. The summed E-state index contributed by atoms with van der Waals surface area (Å²) in [6, 6.07) is 14.5. The van der Waals surface area contributed by atoms with Crippen LogP contribution in [0.4, 0.5) is 15.8 Å². The Morgan fingerprint density at radius 1 is 1.16 bits per heavy atom. The van der Waals surface area contributed by atoms with Crippen LogP contribution in [0.25, 0.3) is 0 Å². The van der Waals surface area contributed by atoms with Crippen molar-refractivity contribution in [2.45, 2.75) is 39.3 Å². The molecule has 8 heteroatoms. The van der Waals surface area contributed by atoms with E-state index in [1.165, 1.54) is 30.3 Å². The molecule has 2 heterocycles. The number of hydrogen-bond acceptors (Lipinski definition) is 4. The molecule has 0 bridgehead atoms. The first-order valence-corrected chi connectivity index (χ1v) is 10.4. The molecule has 0 unspecified atom stereocenters. The average Bonchev–Trinajstić information content (AvgIpc) is 3.10. The van der Waals surface area contributed by atoms with Gasteiger partial charge in [0.05, 0.1) is 6.54 Å². The molecule has 1 aromatic heterocycles. The molecule has 7 nitrogen and oxygen atoms in total. The van der Waals surface area contributed by atoms with E-state index in [0.717, 1.165) is 22.4 Å². The van der Waals surface area contributed by atoms with Crippen LogP contribution in [0.2, 0.25) is 0 Å². The molecule has 1 aliphatic heterocycles. The fraction of sp³-hybridized carbons (Fsp3) is 0.250. The van der Waals surface area contributed by atoms with Crippen LogP contribution in [0.5, 0.6) is 0 Å². The largest absolute Gasteiger partial charge is 0.326 e. The Balaban J connectivity index is 1.48. The van der Waals surface area contributed by atoms with Crippen molar-refractivity contribution in [1.29, 1.82) is 0 Å².